The van der Waals surface area contributed by atoms with Gasteiger partial charge in [-0.1, -0.05) is 40.2 Å². The third-order valence-electron chi connectivity index (χ3n) is 2.88. The lowest BCUT2D eigenvalue weighted by Crippen LogP contribution is -1.91. The van der Waals surface area contributed by atoms with Gasteiger partial charge in [-0.25, -0.2) is 0 Å². The Morgan fingerprint density at radius 3 is 2.93 bits per heavy atom. The largest absolute Gasteiger partial charge is 0.388 e. The van der Waals surface area contributed by atoms with Gasteiger partial charge in [0.1, 0.15) is 0 Å². The van der Waals surface area contributed by atoms with E-state index >= 15 is 0 Å². The molecule has 0 spiro atoms. The van der Waals surface area contributed by atoms with Crippen LogP contribution in [0.1, 0.15) is 17.2 Å². The quantitative estimate of drug-likeness (QED) is 0.760. The van der Waals surface area contributed by atoms with Crippen molar-refractivity contribution in [2.75, 3.05) is 0 Å². The molecule has 70 valence electrons. The first-order valence-electron chi connectivity index (χ1n) is 4.65. The third kappa shape index (κ3) is 0.983. The van der Waals surface area contributed by atoms with Crippen molar-refractivity contribution in [1.82, 2.24) is 0 Å². The molecule has 1 aliphatic carbocycles. The molecule has 0 aliphatic heterocycles. The molecular weight excluding hydrogens is 240 g/mol. The molecule has 0 amide bonds. The highest BCUT2D eigenvalue weighted by molar-refractivity contribution is 9.10. The fourth-order valence-corrected chi connectivity index (χ4v) is 2.70. The van der Waals surface area contributed by atoms with E-state index in [2.05, 4.69) is 28.1 Å². The van der Waals surface area contributed by atoms with E-state index in [0.717, 1.165) is 16.5 Å². The minimum atomic E-state index is -0.317. The number of aliphatic hydroxyl groups excluding tert-OH is 1. The molecule has 0 aromatic heterocycles. The van der Waals surface area contributed by atoms with E-state index in [1.807, 2.05) is 18.2 Å². The van der Waals surface area contributed by atoms with Gasteiger partial charge in [-0.15, -0.1) is 0 Å². The van der Waals surface area contributed by atoms with Crippen molar-refractivity contribution in [2.45, 2.75) is 12.5 Å². The highest BCUT2D eigenvalue weighted by atomic mass is 79.9. The molecule has 2 aromatic carbocycles. The van der Waals surface area contributed by atoms with Gasteiger partial charge in [0.2, 0.25) is 0 Å². The van der Waals surface area contributed by atoms with Crippen LogP contribution >= 0.6 is 15.9 Å². The van der Waals surface area contributed by atoms with Gasteiger partial charge in [0, 0.05) is 10.9 Å². The van der Waals surface area contributed by atoms with Gasteiger partial charge >= 0.3 is 0 Å². The van der Waals surface area contributed by atoms with E-state index in [-0.39, 0.29) is 6.10 Å². The van der Waals surface area contributed by atoms with Crippen LogP contribution in [-0.4, -0.2) is 5.11 Å². The Hall–Kier alpha value is -0.860. The summed E-state index contributed by atoms with van der Waals surface area (Å²) in [7, 11) is 0. The summed E-state index contributed by atoms with van der Waals surface area (Å²) in [4.78, 5) is 0. The SMILES string of the molecule is OC1Cc2cccc3c(Br)ccc1c23. The summed E-state index contributed by atoms with van der Waals surface area (Å²) < 4.78 is 1.10. The van der Waals surface area contributed by atoms with Gasteiger partial charge in [0.15, 0.2) is 0 Å². The Morgan fingerprint density at radius 2 is 2.07 bits per heavy atom. The molecule has 2 heteroatoms. The van der Waals surface area contributed by atoms with Crippen molar-refractivity contribution in [3.8, 4) is 0 Å². The highest BCUT2D eigenvalue weighted by Crippen LogP contribution is 2.39. The van der Waals surface area contributed by atoms with Crippen LogP contribution in [-0.2, 0) is 6.42 Å². The predicted molar refractivity (Wildman–Crippen MR) is 60.3 cm³/mol. The van der Waals surface area contributed by atoms with E-state index in [4.69, 9.17) is 0 Å². The molecule has 1 N–H and O–H groups in total. The van der Waals surface area contributed by atoms with Crippen LogP contribution in [0, 0.1) is 0 Å². The summed E-state index contributed by atoms with van der Waals surface area (Å²) >= 11 is 3.53. The lowest BCUT2D eigenvalue weighted by Gasteiger charge is -2.04. The molecule has 1 unspecified atom stereocenters. The van der Waals surface area contributed by atoms with E-state index in [0.29, 0.717) is 0 Å². The summed E-state index contributed by atoms with van der Waals surface area (Å²) in [5.74, 6) is 0. The Kier molecular flexibility index (Phi) is 1.70. The summed E-state index contributed by atoms with van der Waals surface area (Å²) in [6.07, 6.45) is 0.436. The Labute approximate surface area is 90.5 Å². The average Bonchev–Trinajstić information content (AvgIpc) is 2.50. The van der Waals surface area contributed by atoms with E-state index < -0.39 is 0 Å². The Bertz CT molecular complexity index is 519. The maximum atomic E-state index is 9.84. The number of rotatable bonds is 0. The molecule has 0 bridgehead atoms. The average molecular weight is 249 g/mol. The first-order chi connectivity index (χ1) is 6.77. The van der Waals surface area contributed by atoms with E-state index in [1.165, 1.54) is 16.3 Å². The molecule has 0 heterocycles. The zero-order chi connectivity index (χ0) is 9.71. The number of benzene rings is 2. The minimum absolute atomic E-state index is 0.317. The van der Waals surface area contributed by atoms with Crippen molar-refractivity contribution in [3.63, 3.8) is 0 Å². The molecule has 2 aromatic rings. The molecule has 1 nitrogen and oxygen atoms in total. The molecule has 14 heavy (non-hydrogen) atoms. The van der Waals surface area contributed by atoms with Crippen LogP contribution in [0.4, 0.5) is 0 Å². The smallest absolute Gasteiger partial charge is 0.0836 e. The summed E-state index contributed by atoms with van der Waals surface area (Å²) in [6, 6.07) is 10.2. The molecular formula is C12H9BrO. The molecule has 3 rings (SSSR count). The third-order valence-corrected chi connectivity index (χ3v) is 3.57. The highest BCUT2D eigenvalue weighted by Gasteiger charge is 2.22. The second-order valence-electron chi connectivity index (χ2n) is 3.70. The van der Waals surface area contributed by atoms with Gasteiger partial charge in [0.05, 0.1) is 6.10 Å². The van der Waals surface area contributed by atoms with E-state index in [9.17, 15) is 5.11 Å². The normalized spacial score (nSPS) is 19.1. The van der Waals surface area contributed by atoms with Gasteiger partial charge in [0.25, 0.3) is 0 Å². The topological polar surface area (TPSA) is 20.2 Å². The summed E-state index contributed by atoms with van der Waals surface area (Å²) in [6.45, 7) is 0. The van der Waals surface area contributed by atoms with Crippen LogP contribution in [0.5, 0.6) is 0 Å². The number of hydrogen-bond acceptors (Lipinski definition) is 1. The minimum Gasteiger partial charge on any atom is -0.388 e. The molecule has 0 saturated heterocycles. The van der Waals surface area contributed by atoms with Crippen LogP contribution in [0.15, 0.2) is 34.8 Å². The lowest BCUT2D eigenvalue weighted by atomic mass is 10.1. The molecule has 0 fully saturated rings. The lowest BCUT2D eigenvalue weighted by molar-refractivity contribution is 0.185. The van der Waals surface area contributed by atoms with Crippen LogP contribution in [0.2, 0.25) is 0 Å². The number of hydrogen-bond donors (Lipinski definition) is 1. The zero-order valence-corrected chi connectivity index (χ0v) is 9.08. The predicted octanol–water partition coefficient (Wildman–Crippen LogP) is 3.19. The van der Waals surface area contributed by atoms with E-state index in [1.54, 1.807) is 0 Å². The zero-order valence-electron chi connectivity index (χ0n) is 7.50. The summed E-state index contributed by atoms with van der Waals surface area (Å²) in [5.41, 5.74) is 2.32. The Morgan fingerprint density at radius 1 is 1.21 bits per heavy atom. The first kappa shape index (κ1) is 8.45. The van der Waals surface area contributed by atoms with Gasteiger partial charge in [-0.2, -0.15) is 0 Å². The van der Waals surface area contributed by atoms with Crippen molar-refractivity contribution in [1.29, 1.82) is 0 Å². The van der Waals surface area contributed by atoms with Crippen molar-refractivity contribution < 1.29 is 5.11 Å². The fourth-order valence-electron chi connectivity index (χ4n) is 2.24. The van der Waals surface area contributed by atoms with Crippen molar-refractivity contribution in [3.05, 3.63) is 45.9 Å². The maximum absolute atomic E-state index is 9.84. The summed E-state index contributed by atoms with van der Waals surface area (Å²) in [5, 5.41) is 12.3. The van der Waals surface area contributed by atoms with Gasteiger partial charge in [-0.05, 0) is 28.0 Å². The molecule has 1 atom stereocenters. The molecule has 1 aliphatic rings. The van der Waals surface area contributed by atoms with Crippen LogP contribution in [0.25, 0.3) is 10.8 Å². The second kappa shape index (κ2) is 2.81. The Balaban J connectivity index is 2.52. The number of halogens is 1. The standard InChI is InChI=1S/C12H9BrO/c13-10-5-4-9-11(14)6-7-2-1-3-8(10)12(7)9/h1-5,11,14H,6H2. The van der Waals surface area contributed by atoms with Gasteiger partial charge in [-0.3, -0.25) is 0 Å². The maximum Gasteiger partial charge on any atom is 0.0836 e. The van der Waals surface area contributed by atoms with Crippen LogP contribution < -0.4 is 0 Å². The van der Waals surface area contributed by atoms with Crippen molar-refractivity contribution >= 4 is 26.7 Å². The first-order valence-corrected chi connectivity index (χ1v) is 5.45. The molecule has 0 saturated carbocycles. The van der Waals surface area contributed by atoms with Gasteiger partial charge < -0.3 is 5.11 Å². The molecule has 0 radical (unpaired) electrons. The fraction of sp³-hybridized carbons (Fsp3) is 0.167. The van der Waals surface area contributed by atoms with Crippen molar-refractivity contribution in [2.24, 2.45) is 0 Å². The second-order valence-corrected chi connectivity index (χ2v) is 4.55. The van der Waals surface area contributed by atoms with Crippen LogP contribution in [0.3, 0.4) is 0 Å². The monoisotopic (exact) mass is 248 g/mol. The number of aliphatic hydroxyl groups is 1.